The molecule has 1 atom stereocenters. The molecule has 0 bridgehead atoms. The van der Waals surface area contributed by atoms with Gasteiger partial charge >= 0.3 is 5.97 Å². The lowest BCUT2D eigenvalue weighted by Gasteiger charge is -2.10. The van der Waals surface area contributed by atoms with Crippen LogP contribution in [0, 0.1) is 0 Å². The van der Waals surface area contributed by atoms with E-state index in [0.29, 0.717) is 6.42 Å². The third-order valence-electron chi connectivity index (χ3n) is 1.25. The predicted molar refractivity (Wildman–Crippen MR) is 36.6 cm³/mol. The first-order valence-electron chi connectivity index (χ1n) is 3.12. The van der Waals surface area contributed by atoms with Gasteiger partial charge in [0.15, 0.2) is 0 Å². The van der Waals surface area contributed by atoms with Crippen molar-refractivity contribution in [1.29, 1.82) is 0 Å². The second-order valence-electron chi connectivity index (χ2n) is 1.88. The van der Waals surface area contributed by atoms with Crippen LogP contribution >= 0.6 is 0 Å². The lowest BCUT2D eigenvalue weighted by Crippen LogP contribution is -2.35. The second kappa shape index (κ2) is 5.20. The summed E-state index contributed by atoms with van der Waals surface area (Å²) >= 11 is 0. The fourth-order valence-electron chi connectivity index (χ4n) is 0.651. The van der Waals surface area contributed by atoms with Crippen molar-refractivity contribution in [3.05, 3.63) is 0 Å². The number of rotatable bonds is 4. The molecule has 4 heteroatoms. The number of methoxy groups -OCH3 is 1. The number of hydrogen-bond donors (Lipinski definition) is 2. The van der Waals surface area contributed by atoms with E-state index in [9.17, 15) is 4.79 Å². The van der Waals surface area contributed by atoms with Crippen molar-refractivity contribution in [3.8, 4) is 0 Å². The Kier molecular flexibility index (Phi) is 4.88. The number of carbonyl (C=O) groups excluding carboxylic acids is 1. The molecule has 0 heterocycles. The molecular weight excluding hydrogens is 134 g/mol. The molecule has 0 aromatic rings. The Morgan fingerprint density at radius 3 is 2.70 bits per heavy atom. The Morgan fingerprint density at radius 2 is 2.40 bits per heavy atom. The zero-order valence-corrected chi connectivity index (χ0v) is 6.26. The first-order chi connectivity index (χ1) is 4.76. The van der Waals surface area contributed by atoms with Crippen LogP contribution in [0.25, 0.3) is 0 Å². The average molecular weight is 147 g/mol. The van der Waals surface area contributed by atoms with Crippen LogP contribution in [0.4, 0.5) is 0 Å². The lowest BCUT2D eigenvalue weighted by molar-refractivity contribution is -0.143. The lowest BCUT2D eigenvalue weighted by atomic mass is 10.2. The number of carbonyl (C=O) groups is 1. The number of hydrogen-bond acceptors (Lipinski definition) is 4. The maximum atomic E-state index is 10.7. The molecule has 0 aliphatic carbocycles. The van der Waals surface area contributed by atoms with E-state index in [4.69, 9.17) is 5.11 Å². The van der Waals surface area contributed by atoms with Gasteiger partial charge in [0, 0.05) is 6.61 Å². The van der Waals surface area contributed by atoms with E-state index in [0.717, 1.165) is 0 Å². The second-order valence-corrected chi connectivity index (χ2v) is 1.88. The van der Waals surface area contributed by atoms with Gasteiger partial charge in [-0.05, 0) is 13.5 Å². The summed E-state index contributed by atoms with van der Waals surface area (Å²) in [4.78, 5) is 10.7. The molecule has 4 nitrogen and oxygen atoms in total. The monoisotopic (exact) mass is 147 g/mol. The molecule has 0 spiro atoms. The molecule has 2 N–H and O–H groups in total. The summed E-state index contributed by atoms with van der Waals surface area (Å²) in [7, 11) is 2.97. The smallest absolute Gasteiger partial charge is 0.322 e. The van der Waals surface area contributed by atoms with E-state index in [2.05, 4.69) is 10.1 Å². The summed E-state index contributed by atoms with van der Waals surface area (Å²) in [5.41, 5.74) is 0. The van der Waals surface area contributed by atoms with Gasteiger partial charge in [-0.15, -0.1) is 0 Å². The molecule has 10 heavy (non-hydrogen) atoms. The van der Waals surface area contributed by atoms with Gasteiger partial charge in [-0.1, -0.05) is 0 Å². The summed E-state index contributed by atoms with van der Waals surface area (Å²) in [6.07, 6.45) is 0.392. The van der Waals surface area contributed by atoms with Crippen LogP contribution in [-0.2, 0) is 9.53 Å². The predicted octanol–water partition coefficient (Wildman–Crippen LogP) is -0.870. The number of likely N-dealkylation sites (N-methyl/N-ethyl adjacent to an activating group) is 1. The number of nitrogens with one attached hydrogen (secondary N) is 1. The molecular formula is C6H13NO3. The molecule has 0 aromatic carbocycles. The third kappa shape index (κ3) is 2.80. The van der Waals surface area contributed by atoms with Gasteiger partial charge in [0.25, 0.3) is 0 Å². The van der Waals surface area contributed by atoms with Gasteiger partial charge in [-0.25, -0.2) is 0 Å². The molecule has 0 rings (SSSR count). The van der Waals surface area contributed by atoms with E-state index >= 15 is 0 Å². The molecule has 0 amide bonds. The molecule has 60 valence electrons. The third-order valence-corrected chi connectivity index (χ3v) is 1.25. The minimum atomic E-state index is -0.380. The standard InChI is InChI=1S/C6H13NO3/c1-7-5(3-4-8)6(9)10-2/h5,7-8H,3-4H2,1-2H3. The number of aliphatic hydroxyl groups is 1. The van der Waals surface area contributed by atoms with Crippen LogP contribution in [-0.4, -0.2) is 37.9 Å². The highest BCUT2D eigenvalue weighted by Crippen LogP contribution is 1.91. The SMILES string of the molecule is CNC(CCO)C(=O)OC. The highest BCUT2D eigenvalue weighted by molar-refractivity contribution is 5.75. The maximum absolute atomic E-state index is 10.7. The molecule has 0 fully saturated rings. The minimum Gasteiger partial charge on any atom is -0.468 e. The minimum absolute atomic E-state index is 0.0133. The fourth-order valence-corrected chi connectivity index (χ4v) is 0.651. The highest BCUT2D eigenvalue weighted by atomic mass is 16.5. The van der Waals surface area contributed by atoms with Crippen molar-refractivity contribution >= 4 is 5.97 Å². The van der Waals surface area contributed by atoms with Gasteiger partial charge in [-0.3, -0.25) is 4.79 Å². The van der Waals surface area contributed by atoms with E-state index < -0.39 is 0 Å². The number of esters is 1. The normalized spacial score (nSPS) is 12.7. The van der Waals surface area contributed by atoms with Crippen molar-refractivity contribution in [2.45, 2.75) is 12.5 Å². The van der Waals surface area contributed by atoms with Crippen LogP contribution in [0.15, 0.2) is 0 Å². The van der Waals surface area contributed by atoms with E-state index in [-0.39, 0.29) is 18.6 Å². The Bertz CT molecular complexity index is 105. The van der Waals surface area contributed by atoms with Crippen molar-refractivity contribution in [2.24, 2.45) is 0 Å². The van der Waals surface area contributed by atoms with E-state index in [1.54, 1.807) is 7.05 Å². The van der Waals surface area contributed by atoms with Crippen LogP contribution in [0.3, 0.4) is 0 Å². The molecule has 1 unspecified atom stereocenters. The van der Waals surface area contributed by atoms with Crippen molar-refractivity contribution in [3.63, 3.8) is 0 Å². The summed E-state index contributed by atoms with van der Waals surface area (Å²) in [6, 6.07) is -0.380. The zero-order chi connectivity index (χ0) is 7.98. The topological polar surface area (TPSA) is 58.6 Å². The zero-order valence-electron chi connectivity index (χ0n) is 6.26. The molecule has 0 saturated heterocycles. The van der Waals surface area contributed by atoms with Gasteiger partial charge in [0.05, 0.1) is 7.11 Å². The molecule has 0 aromatic heterocycles. The van der Waals surface area contributed by atoms with Crippen LogP contribution < -0.4 is 5.32 Å². The first-order valence-corrected chi connectivity index (χ1v) is 3.12. The molecule has 0 aliphatic rings. The summed E-state index contributed by atoms with van der Waals surface area (Å²) < 4.78 is 4.44. The molecule has 0 aliphatic heterocycles. The Labute approximate surface area is 60.2 Å². The van der Waals surface area contributed by atoms with Gasteiger partial charge in [-0.2, -0.15) is 0 Å². The van der Waals surface area contributed by atoms with Gasteiger partial charge in [0.1, 0.15) is 6.04 Å². The van der Waals surface area contributed by atoms with Gasteiger partial charge < -0.3 is 15.2 Å². The quantitative estimate of drug-likeness (QED) is 0.507. The Morgan fingerprint density at radius 1 is 1.80 bits per heavy atom. The van der Waals surface area contributed by atoms with Gasteiger partial charge in [0.2, 0.25) is 0 Å². The number of aliphatic hydroxyl groups excluding tert-OH is 1. The van der Waals surface area contributed by atoms with Crippen molar-refractivity contribution in [2.75, 3.05) is 20.8 Å². The first kappa shape index (κ1) is 9.39. The Hall–Kier alpha value is -0.610. The van der Waals surface area contributed by atoms with Crippen molar-refractivity contribution < 1.29 is 14.6 Å². The van der Waals surface area contributed by atoms with Crippen molar-refractivity contribution in [1.82, 2.24) is 5.32 Å². The summed E-state index contributed by atoms with van der Waals surface area (Å²) in [5.74, 6) is -0.337. The van der Waals surface area contributed by atoms with Crippen LogP contribution in [0.2, 0.25) is 0 Å². The van der Waals surface area contributed by atoms with Crippen LogP contribution in [0.1, 0.15) is 6.42 Å². The largest absolute Gasteiger partial charge is 0.468 e. The molecule has 0 radical (unpaired) electrons. The Balaban J connectivity index is 3.68. The summed E-state index contributed by atoms with van der Waals surface area (Å²) in [6.45, 7) is -0.0133. The highest BCUT2D eigenvalue weighted by Gasteiger charge is 2.14. The average Bonchev–Trinajstić information content (AvgIpc) is 1.99. The van der Waals surface area contributed by atoms with E-state index in [1.165, 1.54) is 7.11 Å². The summed E-state index contributed by atoms with van der Waals surface area (Å²) in [5, 5.41) is 11.2. The van der Waals surface area contributed by atoms with E-state index in [1.807, 2.05) is 0 Å². The maximum Gasteiger partial charge on any atom is 0.322 e. The van der Waals surface area contributed by atoms with Crippen LogP contribution in [0.5, 0.6) is 0 Å². The molecule has 0 saturated carbocycles. The number of ether oxygens (including phenoxy) is 1. The fraction of sp³-hybridized carbons (Fsp3) is 0.833.